The van der Waals surface area contributed by atoms with Gasteiger partial charge in [0.25, 0.3) is 0 Å². The molecule has 0 aliphatic carbocycles. The zero-order chi connectivity index (χ0) is 14.7. The molecule has 0 atom stereocenters. The molecule has 0 spiro atoms. The lowest BCUT2D eigenvalue weighted by Crippen LogP contribution is -2.13. The van der Waals surface area contributed by atoms with Gasteiger partial charge in [0.2, 0.25) is 0 Å². The summed E-state index contributed by atoms with van der Waals surface area (Å²) in [7, 11) is 0. The summed E-state index contributed by atoms with van der Waals surface area (Å²) in [6.45, 7) is 0.896. The van der Waals surface area contributed by atoms with Gasteiger partial charge in [-0.3, -0.25) is 0 Å². The van der Waals surface area contributed by atoms with Crippen LogP contribution >= 0.6 is 0 Å². The Labute approximate surface area is 123 Å². The third-order valence-electron chi connectivity index (χ3n) is 3.66. The molecule has 0 aliphatic rings. The van der Waals surface area contributed by atoms with Crippen LogP contribution in [0.4, 0.5) is 0 Å². The van der Waals surface area contributed by atoms with Gasteiger partial charge in [0, 0.05) is 23.8 Å². The second-order valence-electron chi connectivity index (χ2n) is 5.00. The largest absolute Gasteiger partial charge is 0.409 e. The van der Waals surface area contributed by atoms with Crippen molar-refractivity contribution in [3.8, 4) is 0 Å². The quantitative estimate of drug-likeness (QED) is 0.334. The Morgan fingerprint density at radius 2 is 1.90 bits per heavy atom. The molecule has 4 heteroatoms. The fourth-order valence-electron chi connectivity index (χ4n) is 2.49. The Morgan fingerprint density at radius 3 is 2.67 bits per heavy atom. The first kappa shape index (κ1) is 13.2. The second-order valence-corrected chi connectivity index (χ2v) is 5.00. The monoisotopic (exact) mass is 279 g/mol. The maximum Gasteiger partial charge on any atom is 0.170 e. The van der Waals surface area contributed by atoms with Crippen molar-refractivity contribution in [2.45, 2.75) is 13.0 Å². The van der Waals surface area contributed by atoms with E-state index in [2.05, 4.69) is 46.3 Å². The van der Waals surface area contributed by atoms with Crippen molar-refractivity contribution in [1.29, 1.82) is 0 Å². The van der Waals surface area contributed by atoms with E-state index in [0.717, 1.165) is 29.4 Å². The molecule has 1 aromatic heterocycles. The van der Waals surface area contributed by atoms with E-state index in [1.54, 1.807) is 0 Å². The summed E-state index contributed by atoms with van der Waals surface area (Å²) in [6.07, 6.45) is 3.04. The molecule has 21 heavy (non-hydrogen) atoms. The van der Waals surface area contributed by atoms with Gasteiger partial charge in [0.15, 0.2) is 5.84 Å². The summed E-state index contributed by atoms with van der Waals surface area (Å²) in [4.78, 5) is 0. The number of aryl methyl sites for hydroxylation is 2. The molecule has 106 valence electrons. The molecule has 0 saturated carbocycles. The van der Waals surface area contributed by atoms with Gasteiger partial charge in [-0.2, -0.15) is 0 Å². The standard InChI is InChI=1S/C17H17N3O/c18-17(19-21)15-7-6-14-9-11-20(16(14)12-15)10-8-13-4-2-1-3-5-13/h1-7,9,11-12,21H,8,10H2,(H2,18,19). The summed E-state index contributed by atoms with van der Waals surface area (Å²) < 4.78 is 2.19. The van der Waals surface area contributed by atoms with Crippen LogP contribution in [0.5, 0.6) is 0 Å². The average Bonchev–Trinajstić information content (AvgIpc) is 2.95. The fourth-order valence-corrected chi connectivity index (χ4v) is 2.49. The molecular formula is C17H17N3O. The summed E-state index contributed by atoms with van der Waals surface area (Å²) in [5.41, 5.74) is 8.79. The van der Waals surface area contributed by atoms with E-state index in [-0.39, 0.29) is 5.84 Å². The van der Waals surface area contributed by atoms with E-state index in [0.29, 0.717) is 0 Å². The number of amidine groups is 1. The van der Waals surface area contributed by atoms with Crippen LogP contribution in [0.1, 0.15) is 11.1 Å². The molecule has 3 aromatic rings. The third kappa shape index (κ3) is 2.74. The first-order valence-electron chi connectivity index (χ1n) is 6.88. The number of oxime groups is 1. The number of nitrogens with two attached hydrogens (primary N) is 1. The minimum Gasteiger partial charge on any atom is -0.409 e. The number of hydrogen-bond acceptors (Lipinski definition) is 2. The SMILES string of the molecule is N/C(=N/O)c1ccc2ccn(CCc3ccccc3)c2c1. The molecule has 3 rings (SSSR count). The van der Waals surface area contributed by atoms with E-state index < -0.39 is 0 Å². The van der Waals surface area contributed by atoms with Crippen LogP contribution < -0.4 is 5.73 Å². The van der Waals surface area contributed by atoms with E-state index in [1.807, 2.05) is 24.3 Å². The fraction of sp³-hybridized carbons (Fsp3) is 0.118. The first-order chi connectivity index (χ1) is 10.3. The molecule has 0 bridgehead atoms. The van der Waals surface area contributed by atoms with E-state index in [4.69, 9.17) is 10.9 Å². The molecule has 0 unspecified atom stereocenters. The summed E-state index contributed by atoms with van der Waals surface area (Å²) in [5, 5.41) is 13.0. The van der Waals surface area contributed by atoms with Crippen LogP contribution in [-0.2, 0) is 13.0 Å². The predicted molar refractivity (Wildman–Crippen MR) is 84.6 cm³/mol. The van der Waals surface area contributed by atoms with Gasteiger partial charge >= 0.3 is 0 Å². The molecule has 3 N–H and O–H groups in total. The zero-order valence-corrected chi connectivity index (χ0v) is 11.6. The molecule has 2 aromatic carbocycles. The molecule has 0 amide bonds. The van der Waals surface area contributed by atoms with E-state index in [1.165, 1.54) is 5.56 Å². The zero-order valence-electron chi connectivity index (χ0n) is 11.6. The highest BCUT2D eigenvalue weighted by Crippen LogP contribution is 2.18. The summed E-state index contributed by atoms with van der Waals surface area (Å²) in [5.74, 6) is 0.132. The maximum absolute atomic E-state index is 8.79. The Hall–Kier alpha value is -2.75. The van der Waals surface area contributed by atoms with Crippen LogP contribution in [-0.4, -0.2) is 15.6 Å². The molecule has 0 aliphatic heterocycles. The number of aromatic nitrogens is 1. The molecule has 0 fully saturated rings. The van der Waals surface area contributed by atoms with Gasteiger partial charge in [-0.05, 0) is 29.5 Å². The van der Waals surface area contributed by atoms with Crippen LogP contribution in [0.2, 0.25) is 0 Å². The molecular weight excluding hydrogens is 262 g/mol. The first-order valence-corrected chi connectivity index (χ1v) is 6.88. The van der Waals surface area contributed by atoms with Gasteiger partial charge in [-0.15, -0.1) is 0 Å². The predicted octanol–water partition coefficient (Wildman–Crippen LogP) is 2.98. The van der Waals surface area contributed by atoms with Crippen molar-refractivity contribution in [2.75, 3.05) is 0 Å². The Bertz CT molecular complexity index is 775. The van der Waals surface area contributed by atoms with Gasteiger partial charge in [0.1, 0.15) is 0 Å². The lowest BCUT2D eigenvalue weighted by atomic mass is 10.1. The normalized spacial score (nSPS) is 11.9. The van der Waals surface area contributed by atoms with Gasteiger partial charge in [-0.1, -0.05) is 47.6 Å². The average molecular weight is 279 g/mol. The van der Waals surface area contributed by atoms with E-state index in [9.17, 15) is 0 Å². The van der Waals surface area contributed by atoms with Crippen LogP contribution in [0, 0.1) is 0 Å². The minimum atomic E-state index is 0.132. The topological polar surface area (TPSA) is 63.5 Å². The lowest BCUT2D eigenvalue weighted by Gasteiger charge is -2.07. The van der Waals surface area contributed by atoms with Crippen molar-refractivity contribution in [1.82, 2.24) is 4.57 Å². The highest BCUT2D eigenvalue weighted by Gasteiger charge is 2.05. The highest BCUT2D eigenvalue weighted by atomic mass is 16.4. The maximum atomic E-state index is 8.79. The van der Waals surface area contributed by atoms with Crippen molar-refractivity contribution in [3.63, 3.8) is 0 Å². The molecule has 0 radical (unpaired) electrons. The number of nitrogens with zero attached hydrogens (tertiary/aromatic N) is 2. The summed E-state index contributed by atoms with van der Waals surface area (Å²) >= 11 is 0. The van der Waals surface area contributed by atoms with Crippen molar-refractivity contribution in [3.05, 3.63) is 71.9 Å². The van der Waals surface area contributed by atoms with Crippen LogP contribution in [0.3, 0.4) is 0 Å². The van der Waals surface area contributed by atoms with Gasteiger partial charge in [-0.25, -0.2) is 0 Å². The molecule has 1 heterocycles. The molecule has 0 saturated heterocycles. The lowest BCUT2D eigenvalue weighted by molar-refractivity contribution is 0.318. The Kier molecular flexibility index (Phi) is 3.60. The number of hydrogen-bond donors (Lipinski definition) is 2. The highest BCUT2D eigenvalue weighted by molar-refractivity contribution is 6.00. The van der Waals surface area contributed by atoms with Gasteiger partial charge < -0.3 is 15.5 Å². The van der Waals surface area contributed by atoms with E-state index >= 15 is 0 Å². The molecule has 4 nitrogen and oxygen atoms in total. The van der Waals surface area contributed by atoms with Crippen molar-refractivity contribution in [2.24, 2.45) is 10.9 Å². The Balaban J connectivity index is 1.88. The number of rotatable bonds is 4. The van der Waals surface area contributed by atoms with Crippen LogP contribution in [0.15, 0.2) is 65.9 Å². The smallest absolute Gasteiger partial charge is 0.170 e. The number of fused-ring (bicyclic) bond motifs is 1. The number of benzene rings is 2. The van der Waals surface area contributed by atoms with Gasteiger partial charge in [0.05, 0.1) is 0 Å². The second kappa shape index (κ2) is 5.71. The summed E-state index contributed by atoms with van der Waals surface area (Å²) in [6, 6.07) is 18.3. The van der Waals surface area contributed by atoms with Crippen molar-refractivity contribution >= 4 is 16.7 Å². The Morgan fingerprint density at radius 1 is 1.10 bits per heavy atom. The minimum absolute atomic E-state index is 0.132. The third-order valence-corrected chi connectivity index (χ3v) is 3.66. The van der Waals surface area contributed by atoms with Crippen molar-refractivity contribution < 1.29 is 5.21 Å². The van der Waals surface area contributed by atoms with Crippen LogP contribution in [0.25, 0.3) is 10.9 Å².